The van der Waals surface area contributed by atoms with E-state index >= 15 is 0 Å². The van der Waals surface area contributed by atoms with Gasteiger partial charge in [-0.05, 0) is 19.8 Å². The Bertz CT molecular complexity index is 236. The molecule has 0 aliphatic heterocycles. The van der Waals surface area contributed by atoms with E-state index in [2.05, 4.69) is 13.8 Å². The second kappa shape index (κ2) is 21.0. The van der Waals surface area contributed by atoms with E-state index in [-0.39, 0.29) is 6.10 Å². The number of hydrogen-bond donors (Lipinski definition) is 0. The number of rotatable bonds is 21. The summed E-state index contributed by atoms with van der Waals surface area (Å²) >= 11 is 0. The van der Waals surface area contributed by atoms with E-state index in [1.54, 1.807) is 0 Å². The monoisotopic (exact) mass is 380 g/mol. The molecule has 0 unspecified atom stereocenters. The third kappa shape index (κ3) is 23.7. The maximum Gasteiger partial charge on any atom is 0.0703 e. The van der Waals surface area contributed by atoms with Gasteiger partial charge in [-0.15, -0.1) is 0 Å². The molecule has 7 heteroatoms. The fourth-order valence-corrected chi connectivity index (χ4v) is 1.76. The highest BCUT2D eigenvalue weighted by Crippen LogP contribution is 1.92. The van der Waals surface area contributed by atoms with Crippen molar-refractivity contribution < 1.29 is 33.2 Å². The molecule has 0 saturated carbocycles. The van der Waals surface area contributed by atoms with Crippen LogP contribution in [0.25, 0.3) is 0 Å². The van der Waals surface area contributed by atoms with E-state index in [1.165, 1.54) is 0 Å². The second-order valence-corrected chi connectivity index (χ2v) is 6.45. The molecule has 0 aromatic heterocycles. The van der Waals surface area contributed by atoms with Crippen molar-refractivity contribution in [2.24, 2.45) is 5.92 Å². The largest absolute Gasteiger partial charge is 0.379 e. The summed E-state index contributed by atoms with van der Waals surface area (Å²) in [6.07, 6.45) is 0.248. The van der Waals surface area contributed by atoms with E-state index < -0.39 is 0 Å². The molecular weight excluding hydrogens is 340 g/mol. The van der Waals surface area contributed by atoms with Crippen LogP contribution in [0.15, 0.2) is 0 Å². The average Bonchev–Trinajstić information content (AvgIpc) is 2.59. The molecule has 158 valence electrons. The molecule has 0 fully saturated rings. The summed E-state index contributed by atoms with van der Waals surface area (Å²) in [5.41, 5.74) is 0. The van der Waals surface area contributed by atoms with E-state index in [4.69, 9.17) is 33.2 Å². The van der Waals surface area contributed by atoms with E-state index in [9.17, 15) is 0 Å². The maximum atomic E-state index is 5.42. The Hall–Kier alpha value is -0.280. The zero-order valence-corrected chi connectivity index (χ0v) is 17.2. The lowest BCUT2D eigenvalue weighted by Gasteiger charge is -2.09. The first kappa shape index (κ1) is 25.7. The molecule has 0 aromatic rings. The molecule has 0 aliphatic carbocycles. The third-order valence-electron chi connectivity index (χ3n) is 2.99. The van der Waals surface area contributed by atoms with Crippen molar-refractivity contribution in [1.82, 2.24) is 0 Å². The predicted molar refractivity (Wildman–Crippen MR) is 101 cm³/mol. The summed E-state index contributed by atoms with van der Waals surface area (Å²) in [6.45, 7) is 16.1. The van der Waals surface area contributed by atoms with Crippen molar-refractivity contribution >= 4 is 0 Å². The van der Waals surface area contributed by atoms with Crippen LogP contribution < -0.4 is 0 Å². The molecule has 0 saturated heterocycles. The molecule has 0 radical (unpaired) electrons. The summed E-state index contributed by atoms with van der Waals surface area (Å²) in [7, 11) is 0. The molecule has 0 N–H and O–H groups in total. The molecule has 0 rings (SSSR count). The van der Waals surface area contributed by atoms with Crippen LogP contribution in [0.5, 0.6) is 0 Å². The van der Waals surface area contributed by atoms with Gasteiger partial charge in [0.25, 0.3) is 0 Å². The van der Waals surface area contributed by atoms with Crippen LogP contribution in [0.3, 0.4) is 0 Å². The van der Waals surface area contributed by atoms with Gasteiger partial charge >= 0.3 is 0 Å². The first-order valence-corrected chi connectivity index (χ1v) is 9.71. The quantitative estimate of drug-likeness (QED) is 0.283. The van der Waals surface area contributed by atoms with Gasteiger partial charge in [0, 0.05) is 6.61 Å². The summed E-state index contributed by atoms with van der Waals surface area (Å²) in [6, 6.07) is 0. The van der Waals surface area contributed by atoms with Gasteiger partial charge < -0.3 is 33.2 Å². The maximum absolute atomic E-state index is 5.42. The molecular formula is C19H40O7. The van der Waals surface area contributed by atoms with Gasteiger partial charge in [0.1, 0.15) is 0 Å². The molecule has 0 amide bonds. The van der Waals surface area contributed by atoms with Crippen LogP contribution in [0.4, 0.5) is 0 Å². The second-order valence-electron chi connectivity index (χ2n) is 6.45. The summed E-state index contributed by atoms with van der Waals surface area (Å²) < 4.78 is 37.8. The van der Waals surface area contributed by atoms with Crippen LogP contribution in [-0.4, -0.2) is 92.0 Å². The first-order valence-electron chi connectivity index (χ1n) is 9.71. The van der Waals surface area contributed by atoms with E-state index in [0.717, 1.165) is 6.61 Å². The summed E-state index contributed by atoms with van der Waals surface area (Å²) in [5, 5.41) is 0. The molecule has 26 heavy (non-hydrogen) atoms. The Labute approximate surface area is 159 Å². The van der Waals surface area contributed by atoms with Gasteiger partial charge in [-0.2, -0.15) is 0 Å². The minimum atomic E-state index is 0.248. The lowest BCUT2D eigenvalue weighted by molar-refractivity contribution is -0.0243. The van der Waals surface area contributed by atoms with Gasteiger partial charge in [-0.1, -0.05) is 13.8 Å². The topological polar surface area (TPSA) is 64.6 Å². The highest BCUT2D eigenvalue weighted by Gasteiger charge is 1.96. The van der Waals surface area contributed by atoms with Crippen molar-refractivity contribution in [3.05, 3.63) is 0 Å². The molecule has 0 bridgehead atoms. The van der Waals surface area contributed by atoms with Crippen molar-refractivity contribution in [3.63, 3.8) is 0 Å². The van der Waals surface area contributed by atoms with Crippen LogP contribution in [0.1, 0.15) is 27.7 Å². The van der Waals surface area contributed by atoms with Crippen molar-refractivity contribution in [3.8, 4) is 0 Å². The first-order chi connectivity index (χ1) is 12.6. The normalized spacial score (nSPS) is 11.8. The molecule has 0 atom stereocenters. The highest BCUT2D eigenvalue weighted by molar-refractivity contribution is 4.40. The minimum absolute atomic E-state index is 0.248. The van der Waals surface area contributed by atoms with Crippen LogP contribution in [0.2, 0.25) is 0 Å². The SMILES string of the molecule is CC(C)COCCOCCOCCOCCOCCOCCOC(C)C. The molecule has 0 aliphatic rings. The Morgan fingerprint density at radius 1 is 0.423 bits per heavy atom. The summed E-state index contributed by atoms with van der Waals surface area (Å²) in [5.74, 6) is 0.562. The lowest BCUT2D eigenvalue weighted by atomic mass is 10.2. The van der Waals surface area contributed by atoms with Crippen molar-refractivity contribution in [2.75, 3.05) is 85.9 Å². The van der Waals surface area contributed by atoms with Crippen LogP contribution >= 0.6 is 0 Å². The zero-order chi connectivity index (χ0) is 19.3. The number of ether oxygens (including phenoxy) is 7. The Morgan fingerprint density at radius 2 is 0.731 bits per heavy atom. The zero-order valence-electron chi connectivity index (χ0n) is 17.2. The smallest absolute Gasteiger partial charge is 0.0703 e. The Morgan fingerprint density at radius 3 is 1.04 bits per heavy atom. The van der Waals surface area contributed by atoms with Crippen molar-refractivity contribution in [1.29, 1.82) is 0 Å². The van der Waals surface area contributed by atoms with Gasteiger partial charge in [0.15, 0.2) is 0 Å². The highest BCUT2D eigenvalue weighted by atomic mass is 16.6. The summed E-state index contributed by atoms with van der Waals surface area (Å²) in [4.78, 5) is 0. The van der Waals surface area contributed by atoms with Gasteiger partial charge in [-0.25, -0.2) is 0 Å². The predicted octanol–water partition coefficient (Wildman–Crippen LogP) is 2.17. The van der Waals surface area contributed by atoms with Gasteiger partial charge in [0.2, 0.25) is 0 Å². The van der Waals surface area contributed by atoms with Gasteiger partial charge in [-0.3, -0.25) is 0 Å². The van der Waals surface area contributed by atoms with E-state index in [1.807, 2.05) is 13.8 Å². The Balaban J connectivity index is 2.99. The van der Waals surface area contributed by atoms with Gasteiger partial charge in [0.05, 0.1) is 85.4 Å². The molecule has 0 spiro atoms. The van der Waals surface area contributed by atoms with E-state index in [0.29, 0.717) is 85.2 Å². The minimum Gasteiger partial charge on any atom is -0.379 e. The van der Waals surface area contributed by atoms with Crippen molar-refractivity contribution in [2.45, 2.75) is 33.8 Å². The molecule has 0 aromatic carbocycles. The fraction of sp³-hybridized carbons (Fsp3) is 1.00. The standard InChI is InChI=1S/C19H40O7/c1-18(2)17-25-14-13-23-10-9-21-6-5-20-7-8-22-11-12-24-15-16-26-19(3)4/h18-19H,5-17H2,1-4H3. The third-order valence-corrected chi connectivity index (χ3v) is 2.99. The van der Waals surface area contributed by atoms with Crippen LogP contribution in [0, 0.1) is 5.92 Å². The Kier molecular flexibility index (Phi) is 20.8. The fourth-order valence-electron chi connectivity index (χ4n) is 1.76. The molecule has 7 nitrogen and oxygen atoms in total. The average molecular weight is 381 g/mol. The lowest BCUT2D eigenvalue weighted by Crippen LogP contribution is -2.15. The van der Waals surface area contributed by atoms with Crippen LogP contribution in [-0.2, 0) is 33.2 Å². The molecule has 0 heterocycles. The number of hydrogen-bond acceptors (Lipinski definition) is 7.